The van der Waals surface area contributed by atoms with Crippen molar-refractivity contribution >= 4 is 11.8 Å². The van der Waals surface area contributed by atoms with Crippen LogP contribution in [0.3, 0.4) is 0 Å². The highest BCUT2D eigenvalue weighted by Crippen LogP contribution is 2.22. The molecule has 0 aliphatic rings. The molecule has 2 nitrogen and oxygen atoms in total. The number of nitrogens with zero attached hydrogens (tertiary/aromatic N) is 1. The third-order valence-electron chi connectivity index (χ3n) is 2.10. The Kier molecular flexibility index (Phi) is 5.37. The van der Waals surface area contributed by atoms with Crippen molar-refractivity contribution in [3.8, 4) is 6.07 Å². The second-order valence-corrected chi connectivity index (χ2v) is 5.69. The number of thioether (sulfide) groups is 1. The molecule has 0 aromatic heterocycles. The Morgan fingerprint density at radius 3 is 2.38 bits per heavy atom. The smallest absolute Gasteiger partial charge is 0.0927 e. The van der Waals surface area contributed by atoms with Crippen molar-refractivity contribution < 1.29 is 0 Å². The van der Waals surface area contributed by atoms with Crippen LogP contribution in [0, 0.1) is 11.3 Å². The second kappa shape index (κ2) is 6.57. The van der Waals surface area contributed by atoms with Crippen LogP contribution in [0.1, 0.15) is 26.3 Å². The van der Waals surface area contributed by atoms with Gasteiger partial charge in [-0.1, -0.05) is 26.0 Å². The topological polar surface area (TPSA) is 35.8 Å². The number of nitriles is 1. The lowest BCUT2D eigenvalue weighted by molar-refractivity contribution is 0.642. The first-order chi connectivity index (χ1) is 7.61. The molecule has 0 fully saturated rings. The molecule has 0 spiro atoms. The Hall–Kier alpha value is -0.980. The maximum atomic E-state index is 8.64. The van der Waals surface area contributed by atoms with Crippen LogP contribution in [-0.4, -0.2) is 11.3 Å². The summed E-state index contributed by atoms with van der Waals surface area (Å²) in [4.78, 5) is 1.30. The molecule has 0 saturated heterocycles. The van der Waals surface area contributed by atoms with Crippen LogP contribution < -0.4 is 5.32 Å². The van der Waals surface area contributed by atoms with Gasteiger partial charge in [-0.15, -0.1) is 11.8 Å². The van der Waals surface area contributed by atoms with Crippen molar-refractivity contribution in [2.45, 2.75) is 43.5 Å². The van der Waals surface area contributed by atoms with Gasteiger partial charge in [0.15, 0.2) is 0 Å². The lowest BCUT2D eigenvalue weighted by Gasteiger charge is -2.08. The molecule has 0 amide bonds. The maximum absolute atomic E-state index is 8.64. The predicted octanol–water partition coefficient (Wildman–Crippen LogP) is 3.19. The van der Waals surface area contributed by atoms with Crippen molar-refractivity contribution in [3.63, 3.8) is 0 Å². The molecule has 0 heterocycles. The molecule has 16 heavy (non-hydrogen) atoms. The number of benzene rings is 1. The minimum absolute atomic E-state index is 0.0929. The molecule has 0 aliphatic carbocycles. The molecule has 0 saturated carbocycles. The van der Waals surface area contributed by atoms with E-state index in [1.807, 2.05) is 18.7 Å². The molecule has 0 aliphatic heterocycles. The van der Waals surface area contributed by atoms with E-state index in [2.05, 4.69) is 49.5 Å². The van der Waals surface area contributed by atoms with Gasteiger partial charge in [0.1, 0.15) is 0 Å². The van der Waals surface area contributed by atoms with Crippen LogP contribution in [0.2, 0.25) is 0 Å². The van der Waals surface area contributed by atoms with Crippen molar-refractivity contribution in [2.75, 3.05) is 0 Å². The number of nitrogens with one attached hydrogen (secondary N) is 1. The highest BCUT2D eigenvalue weighted by Gasteiger charge is 2.00. The van der Waals surface area contributed by atoms with Crippen LogP contribution in [-0.2, 0) is 6.54 Å². The van der Waals surface area contributed by atoms with Gasteiger partial charge in [-0.3, -0.25) is 5.32 Å². The van der Waals surface area contributed by atoms with E-state index in [1.54, 1.807) is 0 Å². The van der Waals surface area contributed by atoms with Crippen molar-refractivity contribution in [1.29, 1.82) is 5.26 Å². The summed E-state index contributed by atoms with van der Waals surface area (Å²) in [7, 11) is 0. The van der Waals surface area contributed by atoms with Gasteiger partial charge in [-0.05, 0) is 24.6 Å². The summed E-state index contributed by atoms with van der Waals surface area (Å²) in [5, 5.41) is 12.4. The molecule has 1 N–H and O–H groups in total. The molecule has 0 bridgehead atoms. The molecular formula is C13H18N2S. The van der Waals surface area contributed by atoms with Gasteiger partial charge in [0.2, 0.25) is 0 Å². The summed E-state index contributed by atoms with van der Waals surface area (Å²) in [6.07, 6.45) is 0. The van der Waals surface area contributed by atoms with Gasteiger partial charge in [0.25, 0.3) is 0 Å². The number of rotatable bonds is 5. The van der Waals surface area contributed by atoms with Crippen LogP contribution in [0.5, 0.6) is 0 Å². The zero-order valence-corrected chi connectivity index (χ0v) is 10.8. The fourth-order valence-corrected chi connectivity index (χ4v) is 2.11. The Morgan fingerprint density at radius 1 is 1.25 bits per heavy atom. The van der Waals surface area contributed by atoms with Gasteiger partial charge in [-0.2, -0.15) is 5.26 Å². The zero-order chi connectivity index (χ0) is 12.0. The first-order valence-electron chi connectivity index (χ1n) is 5.50. The van der Waals surface area contributed by atoms with Gasteiger partial charge in [0, 0.05) is 16.7 Å². The summed E-state index contributed by atoms with van der Waals surface area (Å²) in [6.45, 7) is 6.99. The highest BCUT2D eigenvalue weighted by molar-refractivity contribution is 7.99. The van der Waals surface area contributed by atoms with E-state index in [9.17, 15) is 0 Å². The summed E-state index contributed by atoms with van der Waals surface area (Å²) in [5.74, 6) is 0. The Labute approximate surface area is 102 Å². The highest BCUT2D eigenvalue weighted by atomic mass is 32.2. The van der Waals surface area contributed by atoms with E-state index in [0.717, 1.165) is 6.54 Å². The third-order valence-corrected chi connectivity index (χ3v) is 3.12. The van der Waals surface area contributed by atoms with E-state index in [-0.39, 0.29) is 6.04 Å². The van der Waals surface area contributed by atoms with E-state index in [4.69, 9.17) is 5.26 Å². The minimum atomic E-state index is -0.0929. The summed E-state index contributed by atoms with van der Waals surface area (Å²) in [5.41, 5.74) is 1.22. The summed E-state index contributed by atoms with van der Waals surface area (Å²) >= 11 is 1.86. The molecule has 1 unspecified atom stereocenters. The molecule has 1 aromatic carbocycles. The standard InChI is InChI=1S/C13H18N2S/c1-10(2)16-13-6-4-12(5-7-13)9-15-11(3)8-14/h4-7,10-11,15H,9H2,1-3H3. The summed E-state index contributed by atoms with van der Waals surface area (Å²) < 4.78 is 0. The first kappa shape index (κ1) is 13.1. The monoisotopic (exact) mass is 234 g/mol. The van der Waals surface area contributed by atoms with Gasteiger partial charge >= 0.3 is 0 Å². The van der Waals surface area contributed by atoms with Crippen LogP contribution in [0.25, 0.3) is 0 Å². The molecule has 86 valence electrons. The lowest BCUT2D eigenvalue weighted by Crippen LogP contribution is -2.23. The zero-order valence-electron chi connectivity index (χ0n) is 10.0. The average molecular weight is 234 g/mol. The Balaban J connectivity index is 2.49. The number of hydrogen-bond acceptors (Lipinski definition) is 3. The Bertz CT molecular complexity index is 351. The van der Waals surface area contributed by atoms with Crippen LogP contribution in [0.15, 0.2) is 29.2 Å². The second-order valence-electron chi connectivity index (χ2n) is 4.04. The average Bonchev–Trinajstić information content (AvgIpc) is 2.27. The number of hydrogen-bond donors (Lipinski definition) is 1. The van der Waals surface area contributed by atoms with Crippen molar-refractivity contribution in [1.82, 2.24) is 5.32 Å². The van der Waals surface area contributed by atoms with E-state index >= 15 is 0 Å². The molecule has 1 rings (SSSR count). The fraction of sp³-hybridized carbons (Fsp3) is 0.462. The SMILES string of the molecule is CC(C#N)NCc1ccc(SC(C)C)cc1. The predicted molar refractivity (Wildman–Crippen MR) is 69.3 cm³/mol. The molecule has 3 heteroatoms. The molecule has 1 aromatic rings. The van der Waals surface area contributed by atoms with E-state index in [1.165, 1.54) is 10.5 Å². The fourth-order valence-electron chi connectivity index (χ4n) is 1.27. The van der Waals surface area contributed by atoms with E-state index < -0.39 is 0 Å². The molecular weight excluding hydrogens is 216 g/mol. The normalized spacial score (nSPS) is 12.4. The minimum Gasteiger partial charge on any atom is -0.298 e. The van der Waals surface area contributed by atoms with Gasteiger partial charge in [0.05, 0.1) is 12.1 Å². The van der Waals surface area contributed by atoms with Crippen LogP contribution >= 0.6 is 11.8 Å². The molecule has 0 radical (unpaired) electrons. The van der Waals surface area contributed by atoms with Gasteiger partial charge in [-0.25, -0.2) is 0 Å². The molecule has 1 atom stereocenters. The Morgan fingerprint density at radius 2 is 1.88 bits per heavy atom. The quantitative estimate of drug-likeness (QED) is 0.795. The maximum Gasteiger partial charge on any atom is 0.0927 e. The van der Waals surface area contributed by atoms with Crippen LogP contribution in [0.4, 0.5) is 0 Å². The van der Waals surface area contributed by atoms with Crippen molar-refractivity contribution in [2.24, 2.45) is 0 Å². The van der Waals surface area contributed by atoms with E-state index in [0.29, 0.717) is 5.25 Å². The first-order valence-corrected chi connectivity index (χ1v) is 6.38. The third kappa shape index (κ3) is 4.69. The van der Waals surface area contributed by atoms with Crippen molar-refractivity contribution in [3.05, 3.63) is 29.8 Å². The lowest BCUT2D eigenvalue weighted by atomic mass is 10.2. The summed E-state index contributed by atoms with van der Waals surface area (Å²) in [6, 6.07) is 10.6. The largest absolute Gasteiger partial charge is 0.298 e. The van der Waals surface area contributed by atoms with Gasteiger partial charge < -0.3 is 0 Å².